The first-order valence-corrected chi connectivity index (χ1v) is 6.79. The number of nitrogens with one attached hydrogen (secondary N) is 1. The summed E-state index contributed by atoms with van der Waals surface area (Å²) in [5.74, 6) is 0.686. The maximum absolute atomic E-state index is 4.48. The number of rotatable bonds is 3. The first kappa shape index (κ1) is 12.5. The lowest BCUT2D eigenvalue weighted by Crippen LogP contribution is -1.98. The quantitative estimate of drug-likeness (QED) is 0.627. The molecule has 0 fully saturated rings. The van der Waals surface area contributed by atoms with Crippen molar-refractivity contribution in [1.82, 2.24) is 29.1 Å². The summed E-state index contributed by atoms with van der Waals surface area (Å²) in [5.41, 5.74) is 3.60. The molecule has 0 aliphatic rings. The molecule has 0 saturated carbocycles. The molecule has 22 heavy (non-hydrogen) atoms. The average molecular weight is 291 g/mol. The number of imidazole rings is 1. The molecule has 0 aliphatic heterocycles. The van der Waals surface area contributed by atoms with Gasteiger partial charge in [-0.3, -0.25) is 14.1 Å². The average Bonchev–Trinajstić information content (AvgIpc) is 3.15. The summed E-state index contributed by atoms with van der Waals surface area (Å²) in [4.78, 5) is 12.9. The van der Waals surface area contributed by atoms with Gasteiger partial charge in [-0.15, -0.1) is 0 Å². The number of aromatic nitrogens is 6. The number of aryl methyl sites for hydroxylation is 1. The highest BCUT2D eigenvalue weighted by molar-refractivity contribution is 5.73. The molecule has 7 nitrogen and oxygen atoms in total. The second-order valence-corrected chi connectivity index (χ2v) is 4.88. The Kier molecular flexibility index (Phi) is 2.82. The van der Waals surface area contributed by atoms with Gasteiger partial charge in [0.15, 0.2) is 11.5 Å². The predicted octanol–water partition coefficient (Wildman–Crippen LogP) is 2.27. The highest BCUT2D eigenvalue weighted by atomic mass is 15.2. The number of hydrogen-bond acceptors (Lipinski definition) is 5. The second kappa shape index (κ2) is 4.96. The molecule has 4 aromatic rings. The summed E-state index contributed by atoms with van der Waals surface area (Å²) in [6.45, 7) is 0. The minimum absolute atomic E-state index is 0.686. The van der Waals surface area contributed by atoms with Crippen LogP contribution in [0.3, 0.4) is 0 Å². The highest BCUT2D eigenvalue weighted by Crippen LogP contribution is 2.24. The first-order valence-electron chi connectivity index (χ1n) is 6.79. The van der Waals surface area contributed by atoms with E-state index in [2.05, 4.69) is 25.4 Å². The van der Waals surface area contributed by atoms with E-state index in [9.17, 15) is 0 Å². The molecule has 0 radical (unpaired) electrons. The molecular weight excluding hydrogens is 278 g/mol. The lowest BCUT2D eigenvalue weighted by atomic mass is 10.3. The minimum atomic E-state index is 0.686. The summed E-state index contributed by atoms with van der Waals surface area (Å²) in [6, 6.07) is 3.80. The van der Waals surface area contributed by atoms with E-state index in [4.69, 9.17) is 0 Å². The van der Waals surface area contributed by atoms with Gasteiger partial charge in [0.2, 0.25) is 0 Å². The second-order valence-electron chi connectivity index (χ2n) is 4.88. The van der Waals surface area contributed by atoms with Crippen LogP contribution in [0.25, 0.3) is 16.9 Å². The number of pyridine rings is 1. The maximum atomic E-state index is 4.48. The molecule has 4 rings (SSSR count). The smallest absolute Gasteiger partial charge is 0.180 e. The van der Waals surface area contributed by atoms with Crippen LogP contribution in [0.5, 0.6) is 0 Å². The molecule has 4 aromatic heterocycles. The fourth-order valence-electron chi connectivity index (χ4n) is 2.35. The molecule has 7 heteroatoms. The van der Waals surface area contributed by atoms with Crippen LogP contribution in [-0.4, -0.2) is 29.1 Å². The number of fused-ring (bicyclic) bond motifs is 1. The molecule has 1 N–H and O–H groups in total. The number of anilines is 2. The monoisotopic (exact) mass is 291 g/mol. The van der Waals surface area contributed by atoms with E-state index in [0.717, 1.165) is 22.6 Å². The zero-order valence-electron chi connectivity index (χ0n) is 11.9. The Morgan fingerprint density at radius 3 is 2.82 bits per heavy atom. The third kappa shape index (κ3) is 2.08. The Hall–Kier alpha value is -3.22. The Morgan fingerprint density at radius 1 is 1.09 bits per heavy atom. The molecule has 0 spiro atoms. The van der Waals surface area contributed by atoms with Crippen molar-refractivity contribution in [3.8, 4) is 11.3 Å². The summed E-state index contributed by atoms with van der Waals surface area (Å²) in [6.07, 6.45) is 12.7. The van der Waals surface area contributed by atoms with Crippen LogP contribution >= 0.6 is 0 Å². The normalized spacial score (nSPS) is 11.0. The highest BCUT2D eigenvalue weighted by Gasteiger charge is 2.11. The van der Waals surface area contributed by atoms with Crippen LogP contribution < -0.4 is 5.32 Å². The van der Waals surface area contributed by atoms with E-state index < -0.39 is 0 Å². The van der Waals surface area contributed by atoms with Crippen molar-refractivity contribution in [1.29, 1.82) is 0 Å². The lowest BCUT2D eigenvalue weighted by Gasteiger charge is -2.06. The van der Waals surface area contributed by atoms with Gasteiger partial charge in [-0.1, -0.05) is 0 Å². The van der Waals surface area contributed by atoms with Crippen molar-refractivity contribution < 1.29 is 0 Å². The van der Waals surface area contributed by atoms with Crippen molar-refractivity contribution in [3.05, 3.63) is 55.5 Å². The Morgan fingerprint density at radius 2 is 2.05 bits per heavy atom. The van der Waals surface area contributed by atoms with Gasteiger partial charge in [0.05, 0.1) is 30.0 Å². The van der Waals surface area contributed by atoms with Crippen LogP contribution in [-0.2, 0) is 7.05 Å². The topological polar surface area (TPSA) is 72.9 Å². The predicted molar refractivity (Wildman–Crippen MR) is 82.7 cm³/mol. The van der Waals surface area contributed by atoms with Crippen LogP contribution in [0.15, 0.2) is 55.5 Å². The van der Waals surface area contributed by atoms with Crippen molar-refractivity contribution in [2.75, 3.05) is 5.32 Å². The van der Waals surface area contributed by atoms with E-state index >= 15 is 0 Å². The molecule has 0 amide bonds. The first-order chi connectivity index (χ1) is 10.8. The zero-order chi connectivity index (χ0) is 14.9. The van der Waals surface area contributed by atoms with Crippen LogP contribution in [0, 0.1) is 0 Å². The lowest BCUT2D eigenvalue weighted by molar-refractivity contribution is 0.768. The molecule has 0 unspecified atom stereocenters. The van der Waals surface area contributed by atoms with Crippen LogP contribution in [0.4, 0.5) is 11.5 Å². The van der Waals surface area contributed by atoms with E-state index in [1.54, 1.807) is 23.3 Å². The van der Waals surface area contributed by atoms with E-state index in [1.165, 1.54) is 0 Å². The van der Waals surface area contributed by atoms with Crippen LogP contribution in [0.2, 0.25) is 0 Å². The van der Waals surface area contributed by atoms with Crippen molar-refractivity contribution in [2.24, 2.45) is 7.05 Å². The van der Waals surface area contributed by atoms with E-state index in [1.807, 2.05) is 48.4 Å². The van der Waals surface area contributed by atoms with Crippen molar-refractivity contribution in [2.45, 2.75) is 0 Å². The van der Waals surface area contributed by atoms with Gasteiger partial charge in [0.25, 0.3) is 0 Å². The third-order valence-corrected chi connectivity index (χ3v) is 3.35. The minimum Gasteiger partial charge on any atom is -0.336 e. The standard InChI is InChI=1S/C15H13N7/c1-21-10-11(7-19-21)13-9-18-15-14(17-5-6-22(13)15)20-12-3-2-4-16-8-12/h2-10H,1H3,(H,17,20). The molecule has 4 heterocycles. The maximum Gasteiger partial charge on any atom is 0.180 e. The van der Waals surface area contributed by atoms with Gasteiger partial charge in [-0.2, -0.15) is 5.10 Å². The fourth-order valence-corrected chi connectivity index (χ4v) is 2.35. The van der Waals surface area contributed by atoms with Crippen molar-refractivity contribution >= 4 is 17.2 Å². The van der Waals surface area contributed by atoms with Gasteiger partial charge in [0, 0.05) is 37.4 Å². The van der Waals surface area contributed by atoms with Gasteiger partial charge < -0.3 is 5.32 Å². The van der Waals surface area contributed by atoms with Gasteiger partial charge in [0.1, 0.15) is 0 Å². The zero-order valence-corrected chi connectivity index (χ0v) is 11.9. The molecule has 0 saturated heterocycles. The van der Waals surface area contributed by atoms with Gasteiger partial charge >= 0.3 is 0 Å². The van der Waals surface area contributed by atoms with E-state index in [0.29, 0.717) is 5.82 Å². The Labute approximate surface area is 126 Å². The summed E-state index contributed by atoms with van der Waals surface area (Å²) >= 11 is 0. The summed E-state index contributed by atoms with van der Waals surface area (Å²) in [5, 5.41) is 7.44. The van der Waals surface area contributed by atoms with Crippen LogP contribution in [0.1, 0.15) is 0 Å². The number of nitrogens with zero attached hydrogens (tertiary/aromatic N) is 6. The largest absolute Gasteiger partial charge is 0.336 e. The molecule has 0 bridgehead atoms. The molecular formula is C15H13N7. The fraction of sp³-hybridized carbons (Fsp3) is 0.0667. The Balaban J connectivity index is 1.80. The third-order valence-electron chi connectivity index (χ3n) is 3.35. The van der Waals surface area contributed by atoms with Gasteiger partial charge in [-0.05, 0) is 12.1 Å². The van der Waals surface area contributed by atoms with Gasteiger partial charge in [-0.25, -0.2) is 9.97 Å². The number of hydrogen-bond donors (Lipinski definition) is 1. The molecule has 0 aliphatic carbocycles. The van der Waals surface area contributed by atoms with Crippen molar-refractivity contribution in [3.63, 3.8) is 0 Å². The van der Waals surface area contributed by atoms with E-state index in [-0.39, 0.29) is 0 Å². The molecule has 0 atom stereocenters. The Bertz CT molecular complexity index is 923. The summed E-state index contributed by atoms with van der Waals surface area (Å²) < 4.78 is 3.76. The molecule has 108 valence electrons. The SMILES string of the molecule is Cn1cc(-c2cnc3c(Nc4cccnc4)nccn23)cn1. The molecule has 0 aromatic carbocycles. The summed E-state index contributed by atoms with van der Waals surface area (Å²) in [7, 11) is 1.89.